The second-order valence-corrected chi connectivity index (χ2v) is 4.45. The van der Waals surface area contributed by atoms with Crippen LogP contribution >= 0.6 is 15.9 Å². The molecule has 1 heterocycles. The maximum atomic E-state index is 11.1. The summed E-state index contributed by atoms with van der Waals surface area (Å²) < 4.78 is 2.80. The minimum Gasteiger partial charge on any atom is -0.366 e. The van der Waals surface area contributed by atoms with Gasteiger partial charge in [0.05, 0.1) is 5.69 Å². The third-order valence-electron chi connectivity index (χ3n) is 2.53. The van der Waals surface area contributed by atoms with E-state index in [9.17, 15) is 4.79 Å². The zero-order chi connectivity index (χ0) is 12.4. The number of hydrogen-bond donors (Lipinski definition) is 1. The maximum Gasteiger partial charge on any atom is 0.248 e. The molecule has 88 valence electrons. The highest BCUT2D eigenvalue weighted by Gasteiger charge is 2.09. The van der Waals surface area contributed by atoms with Crippen molar-refractivity contribution in [3.05, 3.63) is 46.5 Å². The van der Waals surface area contributed by atoms with Gasteiger partial charge >= 0.3 is 0 Å². The number of hydrogen-bond acceptors (Lipinski definition) is 2. The van der Waals surface area contributed by atoms with Crippen LogP contribution in [0, 0.1) is 0 Å². The van der Waals surface area contributed by atoms with Gasteiger partial charge in [0.2, 0.25) is 5.91 Å². The molecule has 2 aromatic rings. The Morgan fingerprint density at radius 1 is 1.53 bits per heavy atom. The fourth-order valence-corrected chi connectivity index (χ4v) is 2.24. The molecule has 0 saturated heterocycles. The monoisotopic (exact) mass is 293 g/mol. The van der Waals surface area contributed by atoms with Crippen LogP contribution in [0.4, 0.5) is 0 Å². The molecule has 1 aromatic carbocycles. The van der Waals surface area contributed by atoms with Crippen molar-refractivity contribution in [3.63, 3.8) is 0 Å². The predicted molar refractivity (Wildman–Crippen MR) is 69.2 cm³/mol. The molecule has 17 heavy (non-hydrogen) atoms. The number of halogens is 1. The number of carbonyl (C=O) groups excluding carboxylic acids is 1. The zero-order valence-corrected chi connectivity index (χ0v) is 10.9. The van der Waals surface area contributed by atoms with Crippen molar-refractivity contribution in [2.75, 3.05) is 0 Å². The molecule has 1 amide bonds. The number of rotatable bonds is 3. The minimum absolute atomic E-state index is 0.432. The van der Waals surface area contributed by atoms with Crippen molar-refractivity contribution in [1.29, 1.82) is 0 Å². The molecule has 4 nitrogen and oxygen atoms in total. The molecule has 0 atom stereocenters. The average molecular weight is 294 g/mol. The quantitative estimate of drug-likeness (QED) is 0.944. The molecule has 0 aliphatic rings. The maximum absolute atomic E-state index is 11.1. The summed E-state index contributed by atoms with van der Waals surface area (Å²) in [6.45, 7) is 2.05. The Morgan fingerprint density at radius 3 is 2.88 bits per heavy atom. The van der Waals surface area contributed by atoms with Gasteiger partial charge in [-0.25, -0.2) is 4.98 Å². The number of amides is 1. The van der Waals surface area contributed by atoms with Crippen molar-refractivity contribution >= 4 is 21.8 Å². The van der Waals surface area contributed by atoms with Gasteiger partial charge in [0.15, 0.2) is 0 Å². The molecule has 0 aliphatic heterocycles. The Morgan fingerprint density at radius 2 is 2.29 bits per heavy atom. The van der Waals surface area contributed by atoms with Gasteiger partial charge in [-0.05, 0) is 34.1 Å². The number of imidazole rings is 1. The van der Waals surface area contributed by atoms with Crippen LogP contribution in [0.15, 0.2) is 35.1 Å². The first kappa shape index (κ1) is 11.9. The topological polar surface area (TPSA) is 60.9 Å². The molecule has 0 unspecified atom stereocenters. The van der Waals surface area contributed by atoms with Crippen LogP contribution in [0.25, 0.3) is 5.69 Å². The first-order chi connectivity index (χ1) is 8.13. The van der Waals surface area contributed by atoms with Crippen molar-refractivity contribution in [2.24, 2.45) is 5.73 Å². The number of nitrogens with zero attached hydrogens (tertiary/aromatic N) is 2. The normalized spacial score (nSPS) is 10.5. The van der Waals surface area contributed by atoms with E-state index < -0.39 is 5.91 Å². The molecule has 5 heteroatoms. The summed E-state index contributed by atoms with van der Waals surface area (Å²) in [5, 5.41) is 0. The number of primary amides is 1. The van der Waals surface area contributed by atoms with Gasteiger partial charge in [0.25, 0.3) is 0 Å². The fourth-order valence-electron chi connectivity index (χ4n) is 1.67. The van der Waals surface area contributed by atoms with Gasteiger partial charge in [-0.2, -0.15) is 0 Å². The second-order valence-electron chi connectivity index (χ2n) is 3.60. The van der Waals surface area contributed by atoms with E-state index in [4.69, 9.17) is 5.73 Å². The lowest BCUT2D eigenvalue weighted by Crippen LogP contribution is -2.11. The van der Waals surface area contributed by atoms with Crippen LogP contribution in [0.2, 0.25) is 0 Å². The molecule has 0 radical (unpaired) electrons. The molecule has 2 N–H and O–H groups in total. The third kappa shape index (κ3) is 2.24. The highest BCUT2D eigenvalue weighted by molar-refractivity contribution is 9.10. The lowest BCUT2D eigenvalue weighted by Gasteiger charge is -2.09. The van der Waals surface area contributed by atoms with Gasteiger partial charge in [-0.15, -0.1) is 0 Å². The van der Waals surface area contributed by atoms with Crippen LogP contribution < -0.4 is 5.73 Å². The van der Waals surface area contributed by atoms with Gasteiger partial charge in [0, 0.05) is 28.9 Å². The van der Waals surface area contributed by atoms with Crippen molar-refractivity contribution in [3.8, 4) is 5.69 Å². The Bertz CT molecular complexity index is 563. The van der Waals surface area contributed by atoms with Crippen molar-refractivity contribution < 1.29 is 4.79 Å². The van der Waals surface area contributed by atoms with Crippen LogP contribution in [0.1, 0.15) is 23.1 Å². The van der Waals surface area contributed by atoms with Gasteiger partial charge in [0.1, 0.15) is 5.82 Å². The molecule has 1 aromatic heterocycles. The number of carbonyl (C=O) groups is 1. The molecule has 0 saturated carbocycles. The first-order valence-corrected chi connectivity index (χ1v) is 6.04. The highest BCUT2D eigenvalue weighted by Crippen LogP contribution is 2.23. The van der Waals surface area contributed by atoms with Crippen LogP contribution in [-0.2, 0) is 6.42 Å². The third-order valence-corrected chi connectivity index (χ3v) is 3.16. The fraction of sp³-hybridized carbons (Fsp3) is 0.167. The van der Waals surface area contributed by atoms with E-state index in [1.165, 1.54) is 0 Å². The molecule has 0 spiro atoms. The number of aryl methyl sites for hydroxylation is 1. The molecule has 0 aliphatic carbocycles. The summed E-state index contributed by atoms with van der Waals surface area (Å²) in [6, 6.07) is 5.28. The highest BCUT2D eigenvalue weighted by atomic mass is 79.9. The smallest absolute Gasteiger partial charge is 0.248 e. The predicted octanol–water partition coefficient (Wildman–Crippen LogP) is 2.30. The summed E-state index contributed by atoms with van der Waals surface area (Å²) in [7, 11) is 0. The minimum atomic E-state index is -0.432. The molecular formula is C12H12BrN3O. The van der Waals surface area contributed by atoms with Crippen LogP contribution in [0.3, 0.4) is 0 Å². The van der Waals surface area contributed by atoms with E-state index in [1.54, 1.807) is 18.3 Å². The van der Waals surface area contributed by atoms with Gasteiger partial charge in [-0.1, -0.05) is 6.92 Å². The Labute approximate surface area is 108 Å². The number of benzene rings is 1. The van der Waals surface area contributed by atoms with Crippen molar-refractivity contribution in [2.45, 2.75) is 13.3 Å². The van der Waals surface area contributed by atoms with E-state index in [1.807, 2.05) is 23.8 Å². The zero-order valence-electron chi connectivity index (χ0n) is 9.35. The van der Waals surface area contributed by atoms with E-state index >= 15 is 0 Å². The number of nitrogens with two attached hydrogens (primary N) is 1. The first-order valence-electron chi connectivity index (χ1n) is 5.25. The lowest BCUT2D eigenvalue weighted by molar-refractivity contribution is 0.100. The summed E-state index contributed by atoms with van der Waals surface area (Å²) in [5.41, 5.74) is 6.66. The Kier molecular flexibility index (Phi) is 3.28. The standard InChI is InChI=1S/C12H12BrN3O/c1-2-11-15-5-6-16(11)10-4-3-8(12(14)17)7-9(10)13/h3-7H,2H2,1H3,(H2,14,17). The van der Waals surface area contributed by atoms with Gasteiger partial charge < -0.3 is 10.3 Å². The Balaban J connectivity index is 2.50. The summed E-state index contributed by atoms with van der Waals surface area (Å²) in [6.07, 6.45) is 4.49. The van der Waals surface area contributed by atoms with E-state index in [2.05, 4.69) is 20.9 Å². The molecular weight excluding hydrogens is 282 g/mol. The summed E-state index contributed by atoms with van der Waals surface area (Å²) >= 11 is 3.44. The van der Waals surface area contributed by atoms with Crippen LogP contribution in [-0.4, -0.2) is 15.5 Å². The van der Waals surface area contributed by atoms with Crippen LogP contribution in [0.5, 0.6) is 0 Å². The molecule has 2 rings (SSSR count). The largest absolute Gasteiger partial charge is 0.366 e. The SMILES string of the molecule is CCc1nccn1-c1ccc(C(N)=O)cc1Br. The number of aromatic nitrogens is 2. The lowest BCUT2D eigenvalue weighted by atomic mass is 10.2. The van der Waals surface area contributed by atoms with E-state index in [0.29, 0.717) is 5.56 Å². The van der Waals surface area contributed by atoms with E-state index in [0.717, 1.165) is 22.4 Å². The summed E-state index contributed by atoms with van der Waals surface area (Å²) in [4.78, 5) is 15.3. The average Bonchev–Trinajstić information content (AvgIpc) is 2.76. The van der Waals surface area contributed by atoms with E-state index in [-0.39, 0.29) is 0 Å². The van der Waals surface area contributed by atoms with Crippen molar-refractivity contribution in [1.82, 2.24) is 9.55 Å². The Hall–Kier alpha value is -1.62. The molecule has 0 bridgehead atoms. The van der Waals surface area contributed by atoms with Gasteiger partial charge in [-0.3, -0.25) is 4.79 Å². The molecule has 0 fully saturated rings. The summed E-state index contributed by atoms with van der Waals surface area (Å²) in [5.74, 6) is 0.538. The second kappa shape index (κ2) is 4.71.